The number of hydrogen-bond acceptors (Lipinski definition) is 25. The van der Waals surface area contributed by atoms with Gasteiger partial charge < -0.3 is 53.4 Å². The first-order valence-corrected chi connectivity index (χ1v) is 29.3. The first-order chi connectivity index (χ1) is 41.4. The van der Waals surface area contributed by atoms with Crippen LogP contribution in [-0.4, -0.2) is 89.0 Å². The van der Waals surface area contributed by atoms with Crippen LogP contribution in [0.25, 0.3) is 53.9 Å². The normalized spacial score (nSPS) is 9.68. The molecule has 0 fully saturated rings. The number of nitrogens with two attached hydrogens (primary N) is 3. The number of fused-ring (bicyclic) bond motifs is 6. The Balaban J connectivity index is -0.000000509. The van der Waals surface area contributed by atoms with Gasteiger partial charge in [-0.1, -0.05) is 57.3 Å². The molecule has 95 heavy (non-hydrogen) atoms. The molecule has 6 heterocycles. The van der Waals surface area contributed by atoms with E-state index in [0.717, 1.165) is 6.07 Å². The summed E-state index contributed by atoms with van der Waals surface area (Å²) in [6, 6.07) is 25.8. The van der Waals surface area contributed by atoms with E-state index in [9.17, 15) is 87.9 Å². The summed E-state index contributed by atoms with van der Waals surface area (Å²) in [5.74, 6) is -1.80. The number of halogens is 3. The van der Waals surface area contributed by atoms with Gasteiger partial charge in [-0.2, -0.15) is 0 Å². The van der Waals surface area contributed by atoms with Gasteiger partial charge in [0.1, 0.15) is 10.8 Å². The largest absolute Gasteiger partial charge is 1.00 e. The van der Waals surface area contributed by atoms with Gasteiger partial charge in [-0.25, -0.2) is 9.59 Å². The molecule has 0 aliphatic carbocycles. The number of nitro benzene ring substituents is 3. The number of rotatable bonds is 3. The molecule has 492 valence electrons. The van der Waals surface area contributed by atoms with E-state index < -0.39 is 65.8 Å². The number of carbonyl (C=O) groups excluding carboxylic acids is 2. The number of cyclic esters (lactones) is 2. The van der Waals surface area contributed by atoms with E-state index in [4.69, 9.17) is 28.0 Å². The van der Waals surface area contributed by atoms with E-state index in [1.54, 1.807) is 48.5 Å². The number of non-ortho nitro benzene ring substituents is 2. The second-order valence-corrected chi connectivity index (χ2v) is 16.3. The maximum atomic E-state index is 11.3. The third kappa shape index (κ3) is 21.4. The summed E-state index contributed by atoms with van der Waals surface area (Å²) in [5.41, 5.74) is 11.2. The molecule has 11 aromatic rings. The fraction of sp³-hybridized carbons (Fsp3) is 0.0400. The molecule has 0 atom stereocenters. The van der Waals surface area contributed by atoms with Crippen LogP contribution in [0.1, 0.15) is 35.6 Å². The number of hydrogen-bond donors (Lipinski definition) is 12. The quantitative estimate of drug-likeness (QED) is 0.0117. The molecular weight excluding hydrogens is 1630 g/mol. The average molecular weight is 1680 g/mol. The van der Waals surface area contributed by atoms with Gasteiger partial charge >= 0.3 is 71.1 Å². The van der Waals surface area contributed by atoms with Gasteiger partial charge in [-0.3, -0.25) is 114 Å². The molecule has 0 spiro atoms. The molecule has 12 rings (SSSR count). The minimum atomic E-state index is -0.961. The minimum Gasteiger partial charge on any atom is -0.870 e. The van der Waals surface area contributed by atoms with Crippen molar-refractivity contribution in [2.75, 3.05) is 17.2 Å². The fourth-order valence-electron chi connectivity index (χ4n) is 7.73. The first-order valence-electron chi connectivity index (χ1n) is 23.0. The molecule has 1 aliphatic rings. The van der Waals surface area contributed by atoms with Gasteiger partial charge in [0.2, 0.25) is 5.56 Å². The van der Waals surface area contributed by atoms with Gasteiger partial charge in [0.25, 0.3) is 61.5 Å². The summed E-state index contributed by atoms with van der Waals surface area (Å²) in [4.78, 5) is 164. The van der Waals surface area contributed by atoms with Crippen molar-refractivity contribution in [3.63, 3.8) is 0 Å². The van der Waals surface area contributed by atoms with Crippen molar-refractivity contribution in [1.29, 1.82) is 10.8 Å². The predicted molar refractivity (Wildman–Crippen MR) is 364 cm³/mol. The van der Waals surface area contributed by atoms with Crippen LogP contribution in [0, 0.1) is 41.1 Å². The van der Waals surface area contributed by atoms with E-state index in [-0.39, 0.29) is 202 Å². The third-order valence-electron chi connectivity index (χ3n) is 11.4. The Hall–Kier alpha value is -9.75. The molecule has 6 aromatic carbocycles. The van der Waals surface area contributed by atoms with E-state index in [2.05, 4.69) is 82.8 Å². The van der Waals surface area contributed by atoms with Crippen LogP contribution in [0.4, 0.5) is 34.1 Å². The van der Waals surface area contributed by atoms with Gasteiger partial charge in [0.05, 0.1) is 63.6 Å². The Kier molecular flexibility index (Phi) is 40.3. The van der Waals surface area contributed by atoms with Crippen molar-refractivity contribution in [1.82, 2.24) is 51.0 Å². The minimum absolute atomic E-state index is 0. The number of benzene rings is 6. The Morgan fingerprint density at radius 2 is 0.663 bits per heavy atom. The van der Waals surface area contributed by atoms with E-state index >= 15 is 0 Å². The molecule has 40 nitrogen and oxygen atoms in total. The Morgan fingerprint density at radius 3 is 0.979 bits per heavy atom. The predicted octanol–water partition coefficient (Wildman–Crippen LogP) is -3.95. The number of esters is 2. The van der Waals surface area contributed by atoms with Crippen molar-refractivity contribution >= 4 is 161 Å². The topological polar surface area (TPSA) is 718 Å². The molecule has 5 aromatic heterocycles. The van der Waals surface area contributed by atoms with Gasteiger partial charge in [-0.15, -0.1) is 24.0 Å². The Morgan fingerprint density at radius 1 is 0.400 bits per heavy atom. The summed E-state index contributed by atoms with van der Waals surface area (Å²) >= 11 is 4.24. The molecule has 1 aliphatic heterocycles. The molecule has 0 bridgehead atoms. The van der Waals surface area contributed by atoms with E-state index in [1.807, 2.05) is 10.2 Å². The summed E-state index contributed by atoms with van der Waals surface area (Å²) < 4.78 is 4.24. The van der Waals surface area contributed by atoms with E-state index in [1.165, 1.54) is 54.6 Å². The fourth-order valence-corrected chi connectivity index (χ4v) is 7.73. The summed E-state index contributed by atoms with van der Waals surface area (Å²) in [7, 11) is 0. The molecule has 0 saturated carbocycles. The van der Waals surface area contributed by atoms with Crippen LogP contribution in [0.15, 0.2) is 157 Å². The van der Waals surface area contributed by atoms with Crippen LogP contribution in [-0.2, 0) is 4.74 Å². The smallest absolute Gasteiger partial charge is 0.870 e. The number of nitro groups is 3. The molecule has 45 heteroatoms. The van der Waals surface area contributed by atoms with Crippen molar-refractivity contribution in [3.05, 3.63) is 254 Å². The number of nitrogens with one attached hydrogen (secondary N) is 9. The molecular formula is C50H47I3N18Na2O22. The van der Waals surface area contributed by atoms with Crippen LogP contribution < -0.4 is 137 Å². The number of carbonyl (C=O) groups is 2. The number of H-pyrrole nitrogens is 9. The van der Waals surface area contributed by atoms with Crippen molar-refractivity contribution in [2.24, 2.45) is 0 Å². The standard InChI is InChI=1S/2C8H5N3O4.3C8H7N3O2.C8H3NO5.2CH4.I2.HI.N2.2Na.3H2O/c2*12-7-4-2-1-3-5(11(14)15)6(4)8(13)10-9-7;3*9-5-3-1-2-4-6(5)8(13)11-10-7(4)12;10-7-4-2-1-3-5(9(12)13)6(4)8(11)14-7;;;1-2;;1-2;;;;;/h2*1-3H,(H,9,12)(H,10,13);1-3H,(H4,9,10,11,12,13);2*1-3H,9H2,(H,10,12)(H,11,13);1-3H;2*1H4;;1H;;;;3*1H2/q;;;;;;;;;;;2*+1;;;/p-2. The van der Waals surface area contributed by atoms with Crippen molar-refractivity contribution in [3.8, 4) is 0 Å². The first kappa shape index (κ1) is 91.7. The van der Waals surface area contributed by atoms with Crippen LogP contribution in [0.2, 0.25) is 0 Å². The number of anilines is 3. The van der Waals surface area contributed by atoms with Gasteiger partial charge in [0.15, 0.2) is 5.56 Å². The van der Waals surface area contributed by atoms with Crippen molar-refractivity contribution in [2.45, 2.75) is 14.9 Å². The average Bonchev–Trinajstić information content (AvgIpc) is 1.43. The van der Waals surface area contributed by atoms with Gasteiger partial charge in [-0.05, 0) is 48.5 Å². The maximum Gasteiger partial charge on any atom is 1.00 e. The molecule has 0 saturated heterocycles. The number of aromatic amines is 9. The number of ether oxygens (including phenoxy) is 1. The SMILES string of the molecule is C.C.I.II.N#N.Nc1cccc2c(=O)[n-][nH]c(=O)c12.Nc1cccc2c(=O)[nH][nH]c(=O)c12.Nc1cccc2c(=O)[nH][nH]c(=O)c12.O.O.O=C1OC(=O)c2c1cccc2[N+](=O)[O-].O=c1[nH][nH]c(=O)c2c([N+](=O)[O-])cccc12.O=c1[nH][nH]c(=O)c2c([N+](=O)[O-])cccc12.[Na+].[Na+].[OH-]. The Bertz CT molecular complexity index is 4860. The summed E-state index contributed by atoms with van der Waals surface area (Å²) in [5, 5.41) is 67.4. The maximum absolute atomic E-state index is 11.3. The zero-order valence-corrected chi connectivity index (χ0v) is 57.3. The second kappa shape index (κ2) is 41.8. The second-order valence-electron chi connectivity index (χ2n) is 16.3. The number of nitrogens with zero attached hydrogens (tertiary/aromatic N) is 6. The Labute approximate surface area is 607 Å². The number of aromatic nitrogens is 10. The molecule has 0 unspecified atom stereocenters. The monoisotopic (exact) mass is 1680 g/mol. The zero-order valence-electron chi connectivity index (χ0n) is 46.7. The molecule has 0 amide bonds. The third-order valence-corrected chi connectivity index (χ3v) is 11.4. The van der Waals surface area contributed by atoms with Crippen molar-refractivity contribution < 1.29 is 105 Å². The zero-order chi connectivity index (χ0) is 64.6. The van der Waals surface area contributed by atoms with Crippen LogP contribution >= 0.6 is 61.2 Å². The van der Waals surface area contributed by atoms with Crippen LogP contribution in [0.5, 0.6) is 0 Å². The summed E-state index contributed by atoms with van der Waals surface area (Å²) in [6.45, 7) is 0. The molecule has 20 N–H and O–H groups in total. The van der Waals surface area contributed by atoms with E-state index in [0.29, 0.717) is 27.8 Å². The number of nitrogen functional groups attached to an aromatic ring is 3. The van der Waals surface area contributed by atoms with Crippen LogP contribution in [0.3, 0.4) is 0 Å². The molecule has 0 radical (unpaired) electrons. The van der Waals surface area contributed by atoms with Gasteiger partial charge in [0, 0.05) is 88.7 Å². The summed E-state index contributed by atoms with van der Waals surface area (Å²) in [6.07, 6.45) is 0.